The van der Waals surface area contributed by atoms with E-state index in [0.717, 1.165) is 64.2 Å². The molecule has 0 heterocycles. The van der Waals surface area contributed by atoms with Crippen molar-refractivity contribution in [3.05, 3.63) is 48.6 Å². The third-order valence-electron chi connectivity index (χ3n) is 6.97. The van der Waals surface area contributed by atoms with Crippen molar-refractivity contribution in [2.45, 2.75) is 168 Å². The van der Waals surface area contributed by atoms with Gasteiger partial charge in [-0.25, -0.2) is 0 Å². The zero-order valence-corrected chi connectivity index (χ0v) is 29.6. The van der Waals surface area contributed by atoms with Gasteiger partial charge in [-0.1, -0.05) is 63.8 Å². The van der Waals surface area contributed by atoms with Crippen LogP contribution in [0, 0.1) is 0 Å². The zero-order valence-electron chi connectivity index (χ0n) is 26.7. The number of allylic oxidation sites excluding steroid dienone is 8. The molecule has 0 N–H and O–H groups in total. The summed E-state index contributed by atoms with van der Waals surface area (Å²) in [4.78, 5) is 23.7. The van der Waals surface area contributed by atoms with Gasteiger partial charge in [0.2, 0.25) is 0 Å². The Bertz CT molecular complexity index is 638. The fourth-order valence-electron chi connectivity index (χ4n) is 4.38. The van der Waals surface area contributed by atoms with E-state index < -0.39 is 22.0 Å². The molecule has 41 heavy (non-hydrogen) atoms. The van der Waals surface area contributed by atoms with Crippen molar-refractivity contribution in [2.75, 3.05) is 0 Å². The fraction of sp³-hybridized carbons (Fsp3) is 0.722. The summed E-state index contributed by atoms with van der Waals surface area (Å²) in [6, 6.07) is 0. The maximum atomic E-state index is 11.9. The van der Waals surface area contributed by atoms with Gasteiger partial charge in [-0.2, -0.15) is 0 Å². The second-order valence-corrected chi connectivity index (χ2v) is 12.6. The summed E-state index contributed by atoms with van der Waals surface area (Å²) in [6.07, 6.45) is 44.7. The van der Waals surface area contributed by atoms with E-state index >= 15 is 0 Å². The van der Waals surface area contributed by atoms with Crippen molar-refractivity contribution in [2.24, 2.45) is 0 Å². The molecule has 0 saturated carbocycles. The van der Waals surface area contributed by atoms with E-state index in [2.05, 4.69) is 62.5 Å². The molecular weight excluding hydrogens is 615 g/mol. The molecule has 0 bridgehead atoms. The Morgan fingerprint density at radius 3 is 1.12 bits per heavy atom. The topological polar surface area (TPSA) is 52.6 Å². The minimum atomic E-state index is -1.83. The second-order valence-electron chi connectivity index (χ2n) is 11.0. The predicted molar refractivity (Wildman–Crippen MR) is 177 cm³/mol. The van der Waals surface area contributed by atoms with Crippen molar-refractivity contribution >= 4 is 33.9 Å². The van der Waals surface area contributed by atoms with Crippen molar-refractivity contribution in [1.82, 2.24) is 0 Å². The molecule has 2 radical (unpaired) electrons. The van der Waals surface area contributed by atoms with Gasteiger partial charge < -0.3 is 0 Å². The van der Waals surface area contributed by atoms with E-state index in [1.54, 1.807) is 0 Å². The number of hydrogen-bond donors (Lipinski definition) is 0. The molecule has 0 fully saturated rings. The molecule has 0 aromatic carbocycles. The Balaban J connectivity index is 3.41. The molecule has 0 saturated heterocycles. The first-order chi connectivity index (χ1) is 20.2. The quantitative estimate of drug-likeness (QED) is 0.0431. The summed E-state index contributed by atoms with van der Waals surface area (Å²) in [7, 11) is 0. The van der Waals surface area contributed by atoms with Crippen LogP contribution >= 0.6 is 0 Å². The third-order valence-corrected chi connectivity index (χ3v) is 8.75. The molecule has 5 heteroatoms. The first-order valence-electron chi connectivity index (χ1n) is 16.9. The average Bonchev–Trinajstić information content (AvgIpc) is 2.97. The van der Waals surface area contributed by atoms with Crippen molar-refractivity contribution < 1.29 is 15.7 Å². The smallest absolute Gasteiger partial charge is 0.0882 e. The van der Waals surface area contributed by atoms with Crippen LogP contribution in [0.1, 0.15) is 168 Å². The number of unbranched alkanes of at least 4 members (excludes halogenated alkanes) is 16. The predicted octanol–water partition coefficient (Wildman–Crippen LogP) is 11.2. The fourth-order valence-corrected chi connectivity index (χ4v) is 5.61. The second kappa shape index (κ2) is 34.9. The van der Waals surface area contributed by atoms with Gasteiger partial charge in [-0.05, 0) is 25.7 Å². The number of carbonyl (C=O) groups excluding carboxylic acids is 2. The minimum absolute atomic E-state index is 0.202. The average molecular weight is 678 g/mol. The Kier molecular flexibility index (Phi) is 33.8. The molecule has 0 aromatic heterocycles. The standard InChI is InChI=1S/2C18H32O2.Sn/c2*1-2-3-4-5-6-7-8-9-10-11-12-13-14-15-16-17-18(19)20;/h2*6-7,9-10H,2-5,8,11-17H2,1H3,(H,19,20);/q;;+2/p-2/b2*7-6-,10-9-;. The van der Waals surface area contributed by atoms with Gasteiger partial charge in [0.15, 0.2) is 0 Å². The van der Waals surface area contributed by atoms with Crippen LogP contribution in [0.4, 0.5) is 0 Å². The Hall–Kier alpha value is -1.30. The van der Waals surface area contributed by atoms with E-state index in [1.165, 1.54) is 77.0 Å². The summed E-state index contributed by atoms with van der Waals surface area (Å²) in [5, 5.41) is 0. The van der Waals surface area contributed by atoms with E-state index in [4.69, 9.17) is 6.15 Å². The van der Waals surface area contributed by atoms with Gasteiger partial charge in [0.05, 0.1) is 0 Å². The zero-order chi connectivity index (χ0) is 29.9. The Labute approximate surface area is 265 Å². The summed E-state index contributed by atoms with van der Waals surface area (Å²) >= 11 is -1.83. The van der Waals surface area contributed by atoms with Crippen LogP contribution in [0.2, 0.25) is 0 Å². The van der Waals surface area contributed by atoms with Crippen molar-refractivity contribution in [3.63, 3.8) is 0 Å². The molecule has 0 aliphatic carbocycles. The van der Waals surface area contributed by atoms with Crippen LogP contribution in [0.25, 0.3) is 0 Å². The number of carbonyl (C=O) groups is 2. The third kappa shape index (κ3) is 34.8. The first kappa shape index (κ1) is 39.7. The van der Waals surface area contributed by atoms with Crippen LogP contribution in [-0.4, -0.2) is 33.9 Å². The van der Waals surface area contributed by atoms with Gasteiger partial charge in [-0.3, -0.25) is 0 Å². The molecular formula is C36H62O4Sn. The van der Waals surface area contributed by atoms with Crippen LogP contribution < -0.4 is 0 Å². The van der Waals surface area contributed by atoms with Crippen LogP contribution in [-0.2, 0) is 15.7 Å². The summed E-state index contributed by atoms with van der Waals surface area (Å²) in [5.41, 5.74) is 0. The molecule has 0 rings (SSSR count). The molecule has 0 aliphatic rings. The van der Waals surface area contributed by atoms with Crippen molar-refractivity contribution in [1.29, 1.82) is 0 Å². The molecule has 4 nitrogen and oxygen atoms in total. The molecule has 0 aliphatic heterocycles. The van der Waals surface area contributed by atoms with Crippen LogP contribution in [0.3, 0.4) is 0 Å². The molecule has 0 amide bonds. The van der Waals surface area contributed by atoms with Gasteiger partial charge >= 0.3 is 177 Å². The normalized spacial score (nSPS) is 12.0. The summed E-state index contributed by atoms with van der Waals surface area (Å²) in [5.74, 6) is -0.403. The Morgan fingerprint density at radius 1 is 0.439 bits per heavy atom. The summed E-state index contributed by atoms with van der Waals surface area (Å²) in [6.45, 7) is 4.48. The molecule has 0 spiro atoms. The molecule has 0 atom stereocenters. The monoisotopic (exact) mass is 678 g/mol. The number of hydrogen-bond acceptors (Lipinski definition) is 4. The number of rotatable bonds is 30. The van der Waals surface area contributed by atoms with Crippen LogP contribution in [0.5, 0.6) is 0 Å². The van der Waals surface area contributed by atoms with Gasteiger partial charge in [0.1, 0.15) is 0 Å². The molecule has 0 aromatic rings. The van der Waals surface area contributed by atoms with Gasteiger partial charge in [-0.15, -0.1) is 0 Å². The summed E-state index contributed by atoms with van der Waals surface area (Å²) < 4.78 is 10.4. The van der Waals surface area contributed by atoms with E-state index in [1.807, 2.05) is 0 Å². The van der Waals surface area contributed by atoms with Gasteiger partial charge in [0, 0.05) is 0 Å². The van der Waals surface area contributed by atoms with E-state index in [9.17, 15) is 9.59 Å². The minimum Gasteiger partial charge on any atom is -0.0882 e. The van der Waals surface area contributed by atoms with E-state index in [0.29, 0.717) is 12.8 Å². The van der Waals surface area contributed by atoms with Gasteiger partial charge in [0.25, 0.3) is 0 Å². The van der Waals surface area contributed by atoms with Crippen LogP contribution in [0.15, 0.2) is 48.6 Å². The first-order valence-corrected chi connectivity index (χ1v) is 19.3. The Morgan fingerprint density at radius 2 is 0.756 bits per heavy atom. The molecule has 0 unspecified atom stereocenters. The molecule has 234 valence electrons. The maximum absolute atomic E-state index is 11.9. The van der Waals surface area contributed by atoms with Crippen molar-refractivity contribution in [3.8, 4) is 0 Å². The van der Waals surface area contributed by atoms with E-state index in [-0.39, 0.29) is 11.9 Å². The SMILES string of the molecule is CCCCC/C=C\C/C=C\CCCCCCCC(=O)[O][Sn][O]C(=O)CCCCCCC/C=C\C/C=C\CCCCC.